The van der Waals surface area contributed by atoms with Crippen LogP contribution in [0.5, 0.6) is 0 Å². The molecule has 1 N–H and O–H groups in total. The third kappa shape index (κ3) is 2.70. The molecule has 0 fully saturated rings. The van der Waals surface area contributed by atoms with Crippen LogP contribution in [0, 0.1) is 6.92 Å². The molecule has 3 rings (SSSR count). The molecule has 3 aromatic rings. The van der Waals surface area contributed by atoms with Crippen LogP contribution in [0.4, 0.5) is 5.69 Å². The number of nitrogens with zero attached hydrogens (tertiary/aromatic N) is 2. The molecule has 0 radical (unpaired) electrons. The fraction of sp³-hybridized carbons (Fsp3) is 0.188. The van der Waals surface area contributed by atoms with Crippen molar-refractivity contribution in [1.29, 1.82) is 0 Å². The lowest BCUT2D eigenvalue weighted by molar-refractivity contribution is 0.601. The molecule has 0 saturated carbocycles. The number of sulfonamides is 1. The molecule has 0 saturated heterocycles. The van der Waals surface area contributed by atoms with Gasteiger partial charge in [0.15, 0.2) is 0 Å². The van der Waals surface area contributed by atoms with E-state index in [1.807, 2.05) is 0 Å². The fourth-order valence-corrected chi connectivity index (χ4v) is 3.98. The molecule has 1 heterocycles. The van der Waals surface area contributed by atoms with E-state index < -0.39 is 10.0 Å². The Labute approximate surface area is 144 Å². The van der Waals surface area contributed by atoms with Gasteiger partial charge in [0.05, 0.1) is 21.6 Å². The van der Waals surface area contributed by atoms with Crippen molar-refractivity contribution < 1.29 is 8.42 Å². The van der Waals surface area contributed by atoms with Gasteiger partial charge >= 0.3 is 5.69 Å². The average molecular weight is 366 g/mol. The van der Waals surface area contributed by atoms with Crippen LogP contribution in [0.2, 0.25) is 5.02 Å². The zero-order valence-electron chi connectivity index (χ0n) is 13.4. The average Bonchev–Trinajstić information content (AvgIpc) is 2.74. The summed E-state index contributed by atoms with van der Waals surface area (Å²) in [5, 5.41) is 0.538. The molecule has 126 valence electrons. The zero-order chi connectivity index (χ0) is 17.6. The molecule has 0 amide bonds. The van der Waals surface area contributed by atoms with Gasteiger partial charge in [-0.25, -0.2) is 13.2 Å². The maximum Gasteiger partial charge on any atom is 0.328 e. The van der Waals surface area contributed by atoms with Crippen molar-refractivity contribution >= 4 is 38.3 Å². The summed E-state index contributed by atoms with van der Waals surface area (Å²) >= 11 is 5.89. The monoisotopic (exact) mass is 365 g/mol. The molecule has 8 heteroatoms. The van der Waals surface area contributed by atoms with Crippen LogP contribution < -0.4 is 10.4 Å². The molecule has 2 aromatic carbocycles. The normalized spacial score (nSPS) is 11.8. The third-order valence-electron chi connectivity index (χ3n) is 3.99. The van der Waals surface area contributed by atoms with Gasteiger partial charge < -0.3 is 0 Å². The molecule has 0 bridgehead atoms. The van der Waals surface area contributed by atoms with E-state index in [9.17, 15) is 13.2 Å². The quantitative estimate of drug-likeness (QED) is 0.775. The van der Waals surface area contributed by atoms with Crippen LogP contribution in [0.15, 0.2) is 46.1 Å². The van der Waals surface area contributed by atoms with E-state index >= 15 is 0 Å². The van der Waals surface area contributed by atoms with Gasteiger partial charge in [-0.05, 0) is 48.9 Å². The first-order valence-corrected chi connectivity index (χ1v) is 9.01. The highest BCUT2D eigenvalue weighted by molar-refractivity contribution is 7.92. The first-order chi connectivity index (χ1) is 11.2. The molecule has 6 nitrogen and oxygen atoms in total. The second-order valence-electron chi connectivity index (χ2n) is 5.62. The van der Waals surface area contributed by atoms with Crippen molar-refractivity contribution in [2.75, 3.05) is 4.72 Å². The van der Waals surface area contributed by atoms with Gasteiger partial charge in [-0.15, -0.1) is 0 Å². The molecule has 0 aliphatic heterocycles. The molecule has 1 aromatic heterocycles. The minimum atomic E-state index is -3.78. The van der Waals surface area contributed by atoms with Crippen LogP contribution >= 0.6 is 11.6 Å². The summed E-state index contributed by atoms with van der Waals surface area (Å²) in [7, 11) is -0.522. The lowest BCUT2D eigenvalue weighted by Gasteiger charge is -2.11. The first-order valence-electron chi connectivity index (χ1n) is 7.15. The molecular weight excluding hydrogens is 350 g/mol. The number of benzene rings is 2. The van der Waals surface area contributed by atoms with E-state index in [-0.39, 0.29) is 10.6 Å². The Balaban J connectivity index is 2.08. The molecule has 0 unspecified atom stereocenters. The van der Waals surface area contributed by atoms with Crippen LogP contribution in [-0.2, 0) is 24.1 Å². The maximum absolute atomic E-state index is 12.6. The first kappa shape index (κ1) is 16.6. The minimum absolute atomic E-state index is 0.0885. The molecular formula is C16H16ClN3O3S. The highest BCUT2D eigenvalue weighted by atomic mass is 35.5. The number of rotatable bonds is 3. The van der Waals surface area contributed by atoms with Gasteiger partial charge in [0.1, 0.15) is 0 Å². The topological polar surface area (TPSA) is 73.1 Å². The summed E-state index contributed by atoms with van der Waals surface area (Å²) in [5.74, 6) is 0. The van der Waals surface area contributed by atoms with E-state index in [2.05, 4.69) is 4.72 Å². The highest BCUT2D eigenvalue weighted by Crippen LogP contribution is 2.24. The van der Waals surface area contributed by atoms with E-state index in [4.69, 9.17) is 11.6 Å². The van der Waals surface area contributed by atoms with Gasteiger partial charge in [-0.1, -0.05) is 11.6 Å². The Morgan fingerprint density at radius 2 is 1.67 bits per heavy atom. The molecule has 0 spiro atoms. The number of halogens is 1. The highest BCUT2D eigenvalue weighted by Gasteiger charge is 2.18. The van der Waals surface area contributed by atoms with E-state index in [0.29, 0.717) is 21.7 Å². The number of fused-ring (bicyclic) bond motifs is 1. The molecule has 0 aliphatic rings. The standard InChI is InChI=1S/C16H16ClN3O3S/c1-10-8-11(17)4-6-13(10)18-24(22,23)12-5-7-14-15(9-12)20(3)16(21)19(14)2/h4-9,18H,1-3H3. The number of aryl methyl sites for hydroxylation is 3. The lowest BCUT2D eigenvalue weighted by Crippen LogP contribution is -2.19. The maximum atomic E-state index is 12.6. The predicted octanol–water partition coefficient (Wildman–Crippen LogP) is 2.64. The second kappa shape index (κ2) is 5.68. The number of aromatic nitrogens is 2. The molecule has 0 aliphatic carbocycles. The Bertz CT molecular complexity index is 1110. The van der Waals surface area contributed by atoms with E-state index in [1.165, 1.54) is 21.3 Å². The third-order valence-corrected chi connectivity index (χ3v) is 5.58. The summed E-state index contributed by atoms with van der Waals surface area (Å²) in [6.07, 6.45) is 0. The van der Waals surface area contributed by atoms with Gasteiger partial charge in [0.2, 0.25) is 0 Å². The molecule has 0 atom stereocenters. The van der Waals surface area contributed by atoms with Crippen molar-refractivity contribution in [3.05, 3.63) is 57.5 Å². The number of hydrogen-bond acceptors (Lipinski definition) is 3. The van der Waals surface area contributed by atoms with Crippen LogP contribution in [0.25, 0.3) is 11.0 Å². The predicted molar refractivity (Wildman–Crippen MR) is 95.2 cm³/mol. The van der Waals surface area contributed by atoms with E-state index in [1.54, 1.807) is 45.3 Å². The fourth-order valence-electron chi connectivity index (χ4n) is 2.60. The van der Waals surface area contributed by atoms with Crippen molar-refractivity contribution in [2.45, 2.75) is 11.8 Å². The zero-order valence-corrected chi connectivity index (χ0v) is 14.9. The largest absolute Gasteiger partial charge is 0.328 e. The summed E-state index contributed by atoms with van der Waals surface area (Å²) < 4.78 is 30.7. The van der Waals surface area contributed by atoms with Crippen LogP contribution in [0.1, 0.15) is 5.56 Å². The van der Waals surface area contributed by atoms with Crippen molar-refractivity contribution in [3.8, 4) is 0 Å². The lowest BCUT2D eigenvalue weighted by atomic mass is 10.2. The Kier molecular flexibility index (Phi) is 3.93. The van der Waals surface area contributed by atoms with Gasteiger partial charge in [0, 0.05) is 19.1 Å². The number of hydrogen-bond donors (Lipinski definition) is 1. The summed E-state index contributed by atoms with van der Waals surface area (Å²) in [5.41, 5.74) is 2.20. The van der Waals surface area contributed by atoms with Crippen LogP contribution in [-0.4, -0.2) is 17.6 Å². The second-order valence-corrected chi connectivity index (χ2v) is 7.73. The Hall–Kier alpha value is -2.25. The van der Waals surface area contributed by atoms with Crippen molar-refractivity contribution in [1.82, 2.24) is 9.13 Å². The summed E-state index contributed by atoms with van der Waals surface area (Å²) in [6.45, 7) is 1.77. The smallest absolute Gasteiger partial charge is 0.295 e. The van der Waals surface area contributed by atoms with E-state index in [0.717, 1.165) is 5.56 Å². The SMILES string of the molecule is Cc1cc(Cl)ccc1NS(=O)(=O)c1ccc2c(c1)n(C)c(=O)n2C. The number of nitrogens with one attached hydrogen (secondary N) is 1. The van der Waals surface area contributed by atoms with Gasteiger partial charge in [0.25, 0.3) is 10.0 Å². The van der Waals surface area contributed by atoms with Crippen molar-refractivity contribution in [2.24, 2.45) is 14.1 Å². The Morgan fingerprint density at radius 1 is 1.00 bits per heavy atom. The summed E-state index contributed by atoms with van der Waals surface area (Å²) in [6, 6.07) is 9.52. The Morgan fingerprint density at radius 3 is 2.33 bits per heavy atom. The van der Waals surface area contributed by atoms with Gasteiger partial charge in [-0.3, -0.25) is 13.9 Å². The van der Waals surface area contributed by atoms with Crippen LogP contribution in [0.3, 0.4) is 0 Å². The van der Waals surface area contributed by atoms with Crippen molar-refractivity contribution in [3.63, 3.8) is 0 Å². The number of imidazole rings is 1. The summed E-state index contributed by atoms with van der Waals surface area (Å²) in [4.78, 5) is 12.1. The number of anilines is 1. The minimum Gasteiger partial charge on any atom is -0.295 e. The molecule has 24 heavy (non-hydrogen) atoms. The van der Waals surface area contributed by atoms with Gasteiger partial charge in [-0.2, -0.15) is 0 Å².